The monoisotopic (exact) mass is 214 g/mol. The highest BCUT2D eigenvalue weighted by molar-refractivity contribution is 5.92. The first-order valence-electron chi connectivity index (χ1n) is 5.51. The maximum atomic E-state index is 4.59. The van der Waals surface area contributed by atoms with Crippen LogP contribution in [0.25, 0.3) is 10.9 Å². The van der Waals surface area contributed by atoms with Gasteiger partial charge in [0.05, 0.1) is 16.6 Å². The molecule has 0 saturated carbocycles. The van der Waals surface area contributed by atoms with Crippen LogP contribution in [0.3, 0.4) is 0 Å². The summed E-state index contributed by atoms with van der Waals surface area (Å²) in [4.78, 5) is 15.8. The van der Waals surface area contributed by atoms with Crippen LogP contribution in [0, 0.1) is 13.8 Å². The average molecular weight is 214 g/mol. The summed E-state index contributed by atoms with van der Waals surface area (Å²) in [6, 6.07) is 2.04. The van der Waals surface area contributed by atoms with Crippen LogP contribution in [0.5, 0.6) is 0 Å². The van der Waals surface area contributed by atoms with E-state index < -0.39 is 0 Å². The van der Waals surface area contributed by atoms with Crippen molar-refractivity contribution in [2.24, 2.45) is 0 Å². The fourth-order valence-corrected chi connectivity index (χ4v) is 2.30. The topological polar surface area (TPSA) is 41.9 Å². The number of hydrogen-bond donors (Lipinski definition) is 0. The molecule has 0 atom stereocenters. The summed E-state index contributed by atoms with van der Waals surface area (Å²) >= 11 is 0. The van der Waals surface area contributed by atoms with Gasteiger partial charge < -0.3 is 4.90 Å². The lowest BCUT2D eigenvalue weighted by atomic mass is 10.1. The van der Waals surface area contributed by atoms with Crippen LogP contribution in [-0.2, 0) is 6.42 Å². The minimum absolute atomic E-state index is 0.827. The van der Waals surface area contributed by atoms with Gasteiger partial charge >= 0.3 is 0 Å². The second kappa shape index (κ2) is 3.14. The molecule has 2 aromatic heterocycles. The Kier molecular flexibility index (Phi) is 1.87. The summed E-state index contributed by atoms with van der Waals surface area (Å²) in [6.45, 7) is 4.94. The highest BCUT2D eigenvalue weighted by atomic mass is 15.2. The Bertz CT molecular complexity index is 571. The summed E-state index contributed by atoms with van der Waals surface area (Å²) in [5, 5.41) is 1.13. The molecule has 0 unspecified atom stereocenters. The standard InChI is InChI=1S/C12H14N4/c1-7-6-10-11-9(13-7)4-5-16(3)12(11)15-8(2)14-10/h6H,4-5H2,1-3H3. The van der Waals surface area contributed by atoms with E-state index in [-0.39, 0.29) is 0 Å². The number of likely N-dealkylation sites (N-methyl/N-ethyl adjacent to an activating group) is 1. The zero-order valence-corrected chi connectivity index (χ0v) is 9.78. The Labute approximate surface area is 94.4 Å². The second-order valence-corrected chi connectivity index (χ2v) is 4.37. The van der Waals surface area contributed by atoms with Crippen LogP contribution in [0.1, 0.15) is 17.2 Å². The fraction of sp³-hybridized carbons (Fsp3) is 0.417. The fourth-order valence-electron chi connectivity index (χ4n) is 2.30. The van der Waals surface area contributed by atoms with Crippen molar-refractivity contribution in [1.29, 1.82) is 0 Å². The summed E-state index contributed by atoms with van der Waals surface area (Å²) in [6.07, 6.45) is 0.980. The van der Waals surface area contributed by atoms with E-state index in [0.717, 1.165) is 46.9 Å². The third-order valence-corrected chi connectivity index (χ3v) is 3.02. The van der Waals surface area contributed by atoms with Gasteiger partial charge in [0, 0.05) is 25.7 Å². The van der Waals surface area contributed by atoms with Crippen molar-refractivity contribution in [3.8, 4) is 0 Å². The molecule has 4 nitrogen and oxygen atoms in total. The van der Waals surface area contributed by atoms with Gasteiger partial charge in [-0.15, -0.1) is 0 Å². The van der Waals surface area contributed by atoms with Gasteiger partial charge in [-0.2, -0.15) is 0 Å². The van der Waals surface area contributed by atoms with E-state index >= 15 is 0 Å². The molecule has 2 aromatic rings. The first-order chi connectivity index (χ1) is 7.65. The molecule has 0 saturated heterocycles. The third kappa shape index (κ3) is 1.26. The normalized spacial score (nSPS) is 14.6. The molecular formula is C12H14N4. The lowest BCUT2D eigenvalue weighted by Crippen LogP contribution is -2.27. The molecule has 0 spiro atoms. The van der Waals surface area contributed by atoms with E-state index in [2.05, 4.69) is 26.9 Å². The maximum Gasteiger partial charge on any atom is 0.141 e. The Morgan fingerprint density at radius 2 is 2.00 bits per heavy atom. The summed E-state index contributed by atoms with van der Waals surface area (Å²) in [5.74, 6) is 1.85. The van der Waals surface area contributed by atoms with Crippen LogP contribution in [0.2, 0.25) is 0 Å². The van der Waals surface area contributed by atoms with Gasteiger partial charge in [-0.1, -0.05) is 0 Å². The first kappa shape index (κ1) is 9.51. The molecule has 0 N–H and O–H groups in total. The van der Waals surface area contributed by atoms with Crippen LogP contribution < -0.4 is 4.90 Å². The van der Waals surface area contributed by atoms with E-state index in [1.165, 1.54) is 0 Å². The van der Waals surface area contributed by atoms with Crippen molar-refractivity contribution in [3.05, 3.63) is 23.3 Å². The summed E-state index contributed by atoms with van der Waals surface area (Å²) in [7, 11) is 2.07. The van der Waals surface area contributed by atoms with Crippen molar-refractivity contribution < 1.29 is 0 Å². The molecule has 3 rings (SSSR count). The van der Waals surface area contributed by atoms with Crippen LogP contribution in [-0.4, -0.2) is 28.5 Å². The van der Waals surface area contributed by atoms with Crippen molar-refractivity contribution in [2.45, 2.75) is 20.3 Å². The predicted molar refractivity (Wildman–Crippen MR) is 63.8 cm³/mol. The molecule has 0 bridgehead atoms. The van der Waals surface area contributed by atoms with Crippen molar-refractivity contribution in [3.63, 3.8) is 0 Å². The van der Waals surface area contributed by atoms with Gasteiger partial charge in [-0.05, 0) is 19.9 Å². The molecule has 3 heterocycles. The number of pyridine rings is 1. The van der Waals surface area contributed by atoms with Gasteiger partial charge in [0.2, 0.25) is 0 Å². The van der Waals surface area contributed by atoms with E-state index in [0.29, 0.717) is 0 Å². The molecule has 82 valence electrons. The largest absolute Gasteiger partial charge is 0.359 e. The van der Waals surface area contributed by atoms with E-state index in [1.807, 2.05) is 19.9 Å². The lowest BCUT2D eigenvalue weighted by molar-refractivity contribution is 0.813. The maximum absolute atomic E-state index is 4.59. The number of nitrogens with zero attached hydrogens (tertiary/aromatic N) is 4. The van der Waals surface area contributed by atoms with Crippen LogP contribution in [0.4, 0.5) is 5.82 Å². The second-order valence-electron chi connectivity index (χ2n) is 4.37. The molecule has 0 radical (unpaired) electrons. The molecule has 16 heavy (non-hydrogen) atoms. The first-order valence-corrected chi connectivity index (χ1v) is 5.51. The molecule has 1 aliphatic heterocycles. The number of aromatic nitrogens is 3. The number of hydrogen-bond acceptors (Lipinski definition) is 4. The van der Waals surface area contributed by atoms with Gasteiger partial charge in [0.25, 0.3) is 0 Å². The molecular weight excluding hydrogens is 200 g/mol. The van der Waals surface area contributed by atoms with Gasteiger partial charge in [0.1, 0.15) is 11.6 Å². The van der Waals surface area contributed by atoms with Gasteiger partial charge in [-0.25, -0.2) is 9.97 Å². The molecule has 0 aromatic carbocycles. The zero-order valence-electron chi connectivity index (χ0n) is 9.78. The van der Waals surface area contributed by atoms with E-state index in [4.69, 9.17) is 0 Å². The van der Waals surface area contributed by atoms with Gasteiger partial charge in [0.15, 0.2) is 0 Å². The average Bonchev–Trinajstić information content (AvgIpc) is 2.22. The van der Waals surface area contributed by atoms with E-state index in [1.54, 1.807) is 0 Å². The Morgan fingerprint density at radius 3 is 2.81 bits per heavy atom. The van der Waals surface area contributed by atoms with Crippen LogP contribution in [0.15, 0.2) is 6.07 Å². The Balaban J connectivity index is 2.46. The van der Waals surface area contributed by atoms with Gasteiger partial charge in [-0.3, -0.25) is 4.98 Å². The smallest absolute Gasteiger partial charge is 0.141 e. The minimum atomic E-state index is 0.827. The SMILES string of the molecule is Cc1cc2nc(C)nc3c2c(n1)CCN3C. The number of rotatable bonds is 0. The highest BCUT2D eigenvalue weighted by Gasteiger charge is 2.20. The predicted octanol–water partition coefficient (Wildman–Crippen LogP) is 1.63. The molecule has 0 fully saturated rings. The van der Waals surface area contributed by atoms with Crippen molar-refractivity contribution in [2.75, 3.05) is 18.5 Å². The quantitative estimate of drug-likeness (QED) is 0.668. The summed E-state index contributed by atoms with van der Waals surface area (Å²) < 4.78 is 0. The number of aryl methyl sites for hydroxylation is 2. The third-order valence-electron chi connectivity index (χ3n) is 3.02. The minimum Gasteiger partial charge on any atom is -0.359 e. The van der Waals surface area contributed by atoms with E-state index in [9.17, 15) is 0 Å². The summed E-state index contributed by atoms with van der Waals surface area (Å²) in [5.41, 5.74) is 3.20. The molecule has 4 heteroatoms. The highest BCUT2D eigenvalue weighted by Crippen LogP contribution is 2.30. The Hall–Kier alpha value is -1.71. The lowest BCUT2D eigenvalue weighted by Gasteiger charge is -2.25. The molecule has 0 aliphatic carbocycles. The number of anilines is 1. The van der Waals surface area contributed by atoms with Crippen LogP contribution >= 0.6 is 0 Å². The molecule has 0 amide bonds. The zero-order chi connectivity index (χ0) is 11.3. The van der Waals surface area contributed by atoms with Crippen molar-refractivity contribution >= 4 is 16.7 Å². The van der Waals surface area contributed by atoms with Crippen molar-refractivity contribution in [1.82, 2.24) is 15.0 Å². The molecule has 1 aliphatic rings. The Morgan fingerprint density at radius 1 is 1.19 bits per heavy atom.